The molecule has 228 valence electrons. The number of nitrogens with zero attached hydrogens (tertiary/aromatic N) is 1. The van der Waals surface area contributed by atoms with E-state index in [1.54, 1.807) is 0 Å². The molecule has 3 aromatic carbocycles. The Kier molecular flexibility index (Phi) is 7.98. The molecule has 0 amide bonds. The minimum Gasteiger partial charge on any atom is -0.489 e. The summed E-state index contributed by atoms with van der Waals surface area (Å²) in [6, 6.07) is 15.1. The molecule has 9 heteroatoms. The van der Waals surface area contributed by atoms with Crippen LogP contribution in [-0.4, -0.2) is 50.7 Å². The predicted molar refractivity (Wildman–Crippen MR) is 162 cm³/mol. The van der Waals surface area contributed by atoms with Gasteiger partial charge >= 0.3 is 5.97 Å². The van der Waals surface area contributed by atoms with E-state index in [0.29, 0.717) is 56.0 Å². The number of halogens is 1. The zero-order valence-corrected chi connectivity index (χ0v) is 25.9. The van der Waals surface area contributed by atoms with E-state index in [0.717, 1.165) is 39.8 Å². The predicted octanol–water partition coefficient (Wildman–Crippen LogP) is 6.26. The van der Waals surface area contributed by atoms with E-state index in [9.17, 15) is 13.2 Å². The molecule has 0 aromatic heterocycles. The normalized spacial score (nSPS) is 23.2. The number of carbonyl (C=O) groups excluding carboxylic acids is 1. The van der Waals surface area contributed by atoms with Crippen molar-refractivity contribution < 1.29 is 31.8 Å². The van der Waals surface area contributed by atoms with Crippen molar-refractivity contribution >= 4 is 16.0 Å². The summed E-state index contributed by atoms with van der Waals surface area (Å²) >= 11 is 0. The van der Waals surface area contributed by atoms with E-state index in [2.05, 4.69) is 0 Å². The van der Waals surface area contributed by atoms with Gasteiger partial charge in [-0.05, 0) is 116 Å². The molecule has 4 atom stereocenters. The van der Waals surface area contributed by atoms with E-state index in [1.807, 2.05) is 63.2 Å². The molecule has 0 N–H and O–H groups in total. The van der Waals surface area contributed by atoms with E-state index >= 15 is 4.39 Å². The van der Waals surface area contributed by atoms with Crippen LogP contribution in [0.25, 0.3) is 11.1 Å². The van der Waals surface area contributed by atoms with Crippen molar-refractivity contribution in [2.75, 3.05) is 26.0 Å². The first kappa shape index (κ1) is 29.6. The van der Waals surface area contributed by atoms with Gasteiger partial charge < -0.3 is 14.2 Å². The minimum atomic E-state index is -3.23. The van der Waals surface area contributed by atoms with Crippen molar-refractivity contribution in [1.29, 1.82) is 0 Å². The molecular formula is C34H38FNO6S. The smallest absolute Gasteiger partial charge is 0.309 e. The maximum Gasteiger partial charge on any atom is 0.309 e. The molecule has 1 saturated heterocycles. The maximum absolute atomic E-state index is 15.3. The lowest BCUT2D eigenvalue weighted by molar-refractivity contribution is -0.144. The highest BCUT2D eigenvalue weighted by molar-refractivity contribution is 7.88. The largest absolute Gasteiger partial charge is 0.489 e. The quantitative estimate of drug-likeness (QED) is 0.267. The van der Waals surface area contributed by atoms with Gasteiger partial charge in [-0.15, -0.1) is 0 Å². The Morgan fingerprint density at radius 2 is 1.72 bits per heavy atom. The van der Waals surface area contributed by atoms with E-state index in [1.165, 1.54) is 16.6 Å². The van der Waals surface area contributed by atoms with Crippen molar-refractivity contribution in [3.63, 3.8) is 0 Å². The minimum absolute atomic E-state index is 0.0681. The molecule has 0 bridgehead atoms. The summed E-state index contributed by atoms with van der Waals surface area (Å²) < 4.78 is 58.2. The molecule has 43 heavy (non-hydrogen) atoms. The SMILES string of the molecule is CCOC(=O)[C@H]1C[C@@H]1c1ccc(O[C@@H]2CCc3c(-c4c(C)cc(O[C@@H]5CCN(S(C)(=O)=O)C5)cc4C)ccc(F)c32)cc1. The summed E-state index contributed by atoms with van der Waals surface area (Å²) in [7, 11) is -3.23. The van der Waals surface area contributed by atoms with Gasteiger partial charge in [0.15, 0.2) is 0 Å². The van der Waals surface area contributed by atoms with Crippen LogP contribution >= 0.6 is 0 Å². The summed E-state index contributed by atoms with van der Waals surface area (Å²) in [6.07, 6.45) is 3.48. The van der Waals surface area contributed by atoms with Crippen molar-refractivity contribution in [1.82, 2.24) is 4.31 Å². The highest BCUT2D eigenvalue weighted by Gasteiger charge is 2.45. The van der Waals surface area contributed by atoms with Crippen molar-refractivity contribution in [3.05, 3.63) is 82.2 Å². The average Bonchev–Trinajstić information content (AvgIpc) is 3.41. The van der Waals surface area contributed by atoms with Crippen LogP contribution in [0.5, 0.6) is 11.5 Å². The lowest BCUT2D eigenvalue weighted by Gasteiger charge is -2.20. The van der Waals surface area contributed by atoms with Gasteiger partial charge in [0.2, 0.25) is 10.0 Å². The van der Waals surface area contributed by atoms with Crippen LogP contribution in [0.1, 0.15) is 66.0 Å². The molecule has 1 heterocycles. The van der Waals surface area contributed by atoms with Crippen molar-refractivity contribution in [2.24, 2.45) is 5.92 Å². The number of fused-ring (bicyclic) bond motifs is 1. The van der Waals surface area contributed by atoms with Gasteiger partial charge in [0, 0.05) is 12.1 Å². The van der Waals surface area contributed by atoms with Crippen LogP contribution < -0.4 is 9.47 Å². The summed E-state index contributed by atoms with van der Waals surface area (Å²) in [5, 5.41) is 0. The fourth-order valence-corrected chi connectivity index (χ4v) is 7.63. The number of aryl methyl sites for hydroxylation is 2. The number of hydrogen-bond donors (Lipinski definition) is 0. The summed E-state index contributed by atoms with van der Waals surface area (Å²) in [6.45, 7) is 7.08. The molecule has 2 aliphatic carbocycles. The van der Waals surface area contributed by atoms with Gasteiger partial charge in [0.25, 0.3) is 0 Å². The highest BCUT2D eigenvalue weighted by atomic mass is 32.2. The topological polar surface area (TPSA) is 82.1 Å². The fourth-order valence-electron chi connectivity index (χ4n) is 6.76. The molecule has 3 aromatic rings. The second-order valence-corrected chi connectivity index (χ2v) is 14.0. The standard InChI is InChI=1S/C34H38FNO6S/c1-5-40-34(37)29-18-28(29)22-6-8-23(9-7-22)42-31-13-11-27-26(10-12-30(35)33(27)31)32-20(2)16-25(17-21(32)3)41-24-14-15-36(19-24)43(4,38)39/h6-10,12,16-17,24,28-29,31H,5,11,13-15,18-19H2,1-4H3/t24-,28-,29+,31-/m1/s1. The number of rotatable bonds is 9. The van der Waals surface area contributed by atoms with Gasteiger partial charge in [-0.1, -0.05) is 18.2 Å². The summed E-state index contributed by atoms with van der Waals surface area (Å²) in [5.74, 6) is 1.10. The number of esters is 1. The molecule has 7 nitrogen and oxygen atoms in total. The third-order valence-corrected chi connectivity index (χ3v) is 10.2. The van der Waals surface area contributed by atoms with Crippen molar-refractivity contribution in [3.8, 4) is 22.6 Å². The molecule has 0 spiro atoms. The first-order valence-corrected chi connectivity index (χ1v) is 16.9. The first-order valence-electron chi connectivity index (χ1n) is 15.0. The molecule has 1 aliphatic heterocycles. The van der Waals surface area contributed by atoms with Crippen LogP contribution in [0.3, 0.4) is 0 Å². The molecule has 3 aliphatic rings. The Hall–Kier alpha value is -3.43. The first-order chi connectivity index (χ1) is 20.5. The van der Waals surface area contributed by atoms with Crippen LogP contribution in [0.4, 0.5) is 4.39 Å². The Bertz CT molecular complexity index is 1630. The Morgan fingerprint density at radius 3 is 2.37 bits per heavy atom. The average molecular weight is 608 g/mol. The zero-order chi connectivity index (χ0) is 30.5. The van der Waals surface area contributed by atoms with E-state index in [4.69, 9.17) is 14.2 Å². The van der Waals surface area contributed by atoms with Gasteiger partial charge in [-0.3, -0.25) is 4.79 Å². The zero-order valence-electron chi connectivity index (χ0n) is 25.1. The van der Waals surface area contributed by atoms with Crippen LogP contribution in [0.2, 0.25) is 0 Å². The van der Waals surface area contributed by atoms with Gasteiger partial charge in [0.05, 0.1) is 25.3 Å². The summed E-state index contributed by atoms with van der Waals surface area (Å²) in [5.41, 5.74) is 6.75. The van der Waals surface area contributed by atoms with Crippen LogP contribution in [0.15, 0.2) is 48.5 Å². The molecular weight excluding hydrogens is 569 g/mol. The number of benzene rings is 3. The number of carbonyl (C=O) groups is 1. The van der Waals surface area contributed by atoms with Gasteiger partial charge in [-0.2, -0.15) is 4.31 Å². The monoisotopic (exact) mass is 607 g/mol. The Balaban J connectivity index is 1.18. The summed E-state index contributed by atoms with van der Waals surface area (Å²) in [4.78, 5) is 12.0. The highest BCUT2D eigenvalue weighted by Crippen LogP contribution is 2.49. The lowest BCUT2D eigenvalue weighted by atomic mass is 9.90. The van der Waals surface area contributed by atoms with Gasteiger partial charge in [-0.25, -0.2) is 12.8 Å². The van der Waals surface area contributed by atoms with Crippen LogP contribution in [-0.2, 0) is 26.0 Å². The van der Waals surface area contributed by atoms with Crippen LogP contribution in [0, 0.1) is 25.6 Å². The Morgan fingerprint density at radius 1 is 1.00 bits per heavy atom. The van der Waals surface area contributed by atoms with E-state index < -0.39 is 16.1 Å². The third kappa shape index (κ3) is 6.02. The third-order valence-electron chi connectivity index (χ3n) is 8.90. The van der Waals surface area contributed by atoms with E-state index in [-0.39, 0.29) is 29.7 Å². The fraction of sp³-hybridized carbons (Fsp3) is 0.441. The lowest BCUT2D eigenvalue weighted by Crippen LogP contribution is -2.29. The molecule has 0 radical (unpaired) electrons. The van der Waals surface area contributed by atoms with Crippen molar-refractivity contribution in [2.45, 2.75) is 64.6 Å². The maximum atomic E-state index is 15.3. The van der Waals surface area contributed by atoms with Gasteiger partial charge in [0.1, 0.15) is 29.5 Å². The number of sulfonamides is 1. The number of ether oxygens (including phenoxy) is 3. The molecule has 0 unspecified atom stereocenters. The molecule has 6 rings (SSSR count). The molecule has 1 saturated carbocycles. The number of hydrogen-bond acceptors (Lipinski definition) is 6. The second-order valence-electron chi connectivity index (χ2n) is 12.0. The Labute approximate surface area is 253 Å². The second kappa shape index (κ2) is 11.6. The molecule has 2 fully saturated rings.